The van der Waals surface area contributed by atoms with Crippen LogP contribution >= 0.6 is 12.2 Å². The van der Waals surface area contributed by atoms with Gasteiger partial charge in [-0.15, -0.1) is 5.10 Å². The first-order valence-electron chi connectivity index (χ1n) is 7.22. The second kappa shape index (κ2) is 4.38. The van der Waals surface area contributed by atoms with Crippen LogP contribution < -0.4 is 11.1 Å². The van der Waals surface area contributed by atoms with Gasteiger partial charge in [0.2, 0.25) is 0 Å². The Balaban J connectivity index is 1.94. The summed E-state index contributed by atoms with van der Waals surface area (Å²) in [7, 11) is 0. The van der Waals surface area contributed by atoms with Crippen LogP contribution in [0.15, 0.2) is 12.3 Å². The molecule has 1 aromatic rings. The molecule has 0 saturated heterocycles. The van der Waals surface area contributed by atoms with E-state index in [1.807, 2.05) is 6.07 Å². The van der Waals surface area contributed by atoms with E-state index in [1.54, 1.807) is 6.20 Å². The van der Waals surface area contributed by atoms with Crippen LogP contribution in [0.1, 0.15) is 45.6 Å². The SMILES string of the molecule is CC12CCC(C1)C(C)(C)C2Nc1nnccc1C(N)=S. The molecule has 3 unspecified atom stereocenters. The van der Waals surface area contributed by atoms with Gasteiger partial charge in [0.05, 0.1) is 11.8 Å². The van der Waals surface area contributed by atoms with Gasteiger partial charge >= 0.3 is 0 Å². The Morgan fingerprint density at radius 2 is 2.20 bits per heavy atom. The largest absolute Gasteiger partial charge is 0.389 e. The van der Waals surface area contributed by atoms with E-state index in [4.69, 9.17) is 18.0 Å². The average Bonchev–Trinajstić information content (AvgIpc) is 2.86. The van der Waals surface area contributed by atoms with Crippen molar-refractivity contribution in [3.63, 3.8) is 0 Å². The number of rotatable bonds is 3. The molecule has 1 aromatic heterocycles. The molecule has 0 amide bonds. The van der Waals surface area contributed by atoms with E-state index >= 15 is 0 Å². The third kappa shape index (κ3) is 1.91. The van der Waals surface area contributed by atoms with E-state index in [2.05, 4.69) is 36.3 Å². The predicted molar refractivity (Wildman–Crippen MR) is 84.6 cm³/mol. The molecule has 1 heterocycles. The van der Waals surface area contributed by atoms with E-state index in [0.717, 1.165) is 17.3 Å². The van der Waals surface area contributed by atoms with Gasteiger partial charge in [-0.25, -0.2) is 0 Å². The van der Waals surface area contributed by atoms with E-state index in [0.29, 0.717) is 16.4 Å². The smallest absolute Gasteiger partial charge is 0.159 e. The summed E-state index contributed by atoms with van der Waals surface area (Å²) in [4.78, 5) is 0.369. The molecular weight excluding hydrogens is 268 g/mol. The summed E-state index contributed by atoms with van der Waals surface area (Å²) in [6.07, 6.45) is 5.54. The lowest BCUT2D eigenvalue weighted by atomic mass is 9.68. The van der Waals surface area contributed by atoms with Gasteiger partial charge in [0.15, 0.2) is 5.82 Å². The maximum Gasteiger partial charge on any atom is 0.159 e. The molecule has 2 aliphatic carbocycles. The average molecular weight is 290 g/mol. The van der Waals surface area contributed by atoms with Gasteiger partial charge in [0, 0.05) is 6.04 Å². The van der Waals surface area contributed by atoms with Crippen molar-refractivity contribution in [3.05, 3.63) is 17.8 Å². The maximum absolute atomic E-state index is 5.79. The van der Waals surface area contributed by atoms with Crippen molar-refractivity contribution in [2.75, 3.05) is 5.32 Å². The lowest BCUT2D eigenvalue weighted by molar-refractivity contribution is 0.155. The number of hydrogen-bond donors (Lipinski definition) is 2. The van der Waals surface area contributed by atoms with Gasteiger partial charge in [-0.3, -0.25) is 0 Å². The lowest BCUT2D eigenvalue weighted by Crippen LogP contribution is -2.46. The minimum atomic E-state index is 0.262. The number of nitrogens with zero attached hydrogens (tertiary/aromatic N) is 2. The van der Waals surface area contributed by atoms with Crippen molar-refractivity contribution in [1.29, 1.82) is 0 Å². The molecule has 3 N–H and O–H groups in total. The number of thiocarbonyl (C=S) groups is 1. The number of aromatic nitrogens is 2. The summed E-state index contributed by atoms with van der Waals surface area (Å²) in [5.74, 6) is 1.52. The van der Waals surface area contributed by atoms with Gasteiger partial charge in [0.1, 0.15) is 4.99 Å². The van der Waals surface area contributed by atoms with E-state index in [9.17, 15) is 0 Å². The Hall–Kier alpha value is -1.23. The van der Waals surface area contributed by atoms with Crippen molar-refractivity contribution in [1.82, 2.24) is 10.2 Å². The molecule has 0 aliphatic heterocycles. The zero-order valence-electron chi connectivity index (χ0n) is 12.3. The van der Waals surface area contributed by atoms with E-state index in [-0.39, 0.29) is 5.41 Å². The fourth-order valence-electron chi connectivity index (χ4n) is 4.44. The Bertz CT molecular complexity index is 552. The highest BCUT2D eigenvalue weighted by Gasteiger charge is 2.59. The summed E-state index contributed by atoms with van der Waals surface area (Å²) in [5, 5.41) is 11.8. The van der Waals surface area contributed by atoms with Crippen molar-refractivity contribution in [3.8, 4) is 0 Å². The monoisotopic (exact) mass is 290 g/mol. The normalized spacial score (nSPS) is 34.1. The first-order chi connectivity index (χ1) is 9.34. The minimum absolute atomic E-state index is 0.262. The number of anilines is 1. The molecule has 0 spiro atoms. The molecule has 0 radical (unpaired) electrons. The zero-order valence-corrected chi connectivity index (χ0v) is 13.1. The summed E-state index contributed by atoms with van der Waals surface area (Å²) in [6, 6.07) is 2.22. The van der Waals surface area contributed by atoms with Crippen LogP contribution in [0, 0.1) is 16.7 Å². The van der Waals surface area contributed by atoms with Crippen molar-refractivity contribution in [2.45, 2.75) is 46.1 Å². The number of nitrogens with one attached hydrogen (secondary N) is 1. The van der Waals surface area contributed by atoms with E-state index < -0.39 is 0 Å². The van der Waals surface area contributed by atoms with Crippen molar-refractivity contribution < 1.29 is 0 Å². The van der Waals surface area contributed by atoms with Crippen molar-refractivity contribution in [2.24, 2.45) is 22.5 Å². The maximum atomic E-state index is 5.79. The molecule has 3 rings (SSSR count). The van der Waals surface area contributed by atoms with Gasteiger partial charge < -0.3 is 11.1 Å². The van der Waals surface area contributed by atoms with Crippen LogP contribution in [-0.2, 0) is 0 Å². The summed E-state index contributed by atoms with van der Waals surface area (Å²) < 4.78 is 0. The quantitative estimate of drug-likeness (QED) is 0.838. The van der Waals surface area contributed by atoms with Crippen LogP contribution in [0.2, 0.25) is 0 Å². The molecule has 20 heavy (non-hydrogen) atoms. The molecule has 108 valence electrons. The van der Waals surface area contributed by atoms with Crippen LogP contribution in [0.5, 0.6) is 0 Å². The third-order valence-electron chi connectivity index (χ3n) is 5.54. The number of hydrogen-bond acceptors (Lipinski definition) is 4. The minimum Gasteiger partial charge on any atom is -0.389 e. The molecular formula is C15H22N4S. The Morgan fingerprint density at radius 1 is 1.45 bits per heavy atom. The molecule has 5 heteroatoms. The van der Waals surface area contributed by atoms with Crippen LogP contribution in [-0.4, -0.2) is 21.2 Å². The van der Waals surface area contributed by atoms with E-state index in [1.165, 1.54) is 19.3 Å². The Labute approximate surface area is 125 Å². The molecule has 2 bridgehead atoms. The number of nitrogens with two attached hydrogens (primary N) is 1. The second-order valence-corrected chi connectivity index (χ2v) is 7.59. The highest BCUT2D eigenvalue weighted by atomic mass is 32.1. The highest BCUT2D eigenvalue weighted by molar-refractivity contribution is 7.80. The molecule has 4 nitrogen and oxygen atoms in total. The molecule has 2 fully saturated rings. The lowest BCUT2D eigenvalue weighted by Gasteiger charge is -2.43. The predicted octanol–water partition coefficient (Wildman–Crippen LogP) is 2.74. The summed E-state index contributed by atoms with van der Waals surface area (Å²) in [6.45, 7) is 7.10. The topological polar surface area (TPSA) is 63.8 Å². The molecule has 2 aliphatic rings. The van der Waals surface area contributed by atoms with Gasteiger partial charge in [-0.05, 0) is 42.1 Å². The van der Waals surface area contributed by atoms with Crippen molar-refractivity contribution >= 4 is 23.0 Å². The fraction of sp³-hybridized carbons (Fsp3) is 0.667. The first-order valence-corrected chi connectivity index (χ1v) is 7.63. The molecule has 3 atom stereocenters. The standard InChI is InChI=1S/C15H22N4S/c1-14(2)9-4-6-15(3,8-9)13(14)18-12-10(11(16)20)5-7-17-19-12/h5,7,9,13H,4,6,8H2,1-3H3,(H2,16,20)(H,18,19). The Morgan fingerprint density at radius 3 is 2.80 bits per heavy atom. The molecule has 2 saturated carbocycles. The highest BCUT2D eigenvalue weighted by Crippen LogP contribution is 2.63. The third-order valence-corrected chi connectivity index (χ3v) is 5.76. The summed E-state index contributed by atoms with van der Waals surface area (Å²) >= 11 is 5.11. The van der Waals surface area contributed by atoms with Gasteiger partial charge in [-0.1, -0.05) is 33.0 Å². The van der Waals surface area contributed by atoms with Crippen LogP contribution in [0.25, 0.3) is 0 Å². The Kier molecular flexibility index (Phi) is 3.01. The summed E-state index contributed by atoms with van der Waals surface area (Å²) in [5.41, 5.74) is 7.17. The molecule has 0 aromatic carbocycles. The van der Waals surface area contributed by atoms with Crippen LogP contribution in [0.4, 0.5) is 5.82 Å². The fourth-order valence-corrected chi connectivity index (χ4v) is 4.60. The first kappa shape index (κ1) is 13.7. The number of fused-ring (bicyclic) bond motifs is 2. The second-order valence-electron chi connectivity index (χ2n) is 7.15. The van der Waals surface area contributed by atoms with Crippen LogP contribution in [0.3, 0.4) is 0 Å². The van der Waals surface area contributed by atoms with Gasteiger partial charge in [-0.2, -0.15) is 5.10 Å². The zero-order chi connectivity index (χ0) is 14.5. The van der Waals surface area contributed by atoms with Gasteiger partial charge in [0.25, 0.3) is 0 Å².